The van der Waals surface area contributed by atoms with Crippen molar-refractivity contribution in [1.82, 2.24) is 0 Å². The molecule has 2 atom stereocenters. The fourth-order valence-corrected chi connectivity index (χ4v) is 3.32. The number of ether oxygens (including phenoxy) is 1. The summed E-state index contributed by atoms with van der Waals surface area (Å²) < 4.78 is 5.78. The molecule has 0 fully saturated rings. The van der Waals surface area contributed by atoms with Crippen molar-refractivity contribution in [3.05, 3.63) is 65.2 Å². The van der Waals surface area contributed by atoms with Crippen molar-refractivity contribution >= 4 is 11.6 Å². The first-order valence-corrected chi connectivity index (χ1v) is 8.13. The van der Waals surface area contributed by atoms with Crippen molar-refractivity contribution in [3.63, 3.8) is 0 Å². The molecule has 1 nitrogen and oxygen atoms in total. The van der Waals surface area contributed by atoms with E-state index in [1.165, 1.54) is 16.7 Å². The predicted molar refractivity (Wildman–Crippen MR) is 88.4 cm³/mol. The van der Waals surface area contributed by atoms with Crippen LogP contribution >= 0.6 is 11.6 Å². The summed E-state index contributed by atoms with van der Waals surface area (Å²) in [5.74, 6) is 2.72. The summed E-state index contributed by atoms with van der Waals surface area (Å²) in [6.45, 7) is 2.91. The van der Waals surface area contributed by atoms with E-state index in [0.717, 1.165) is 25.2 Å². The van der Waals surface area contributed by atoms with Crippen LogP contribution in [0.15, 0.2) is 48.5 Å². The van der Waals surface area contributed by atoms with Gasteiger partial charge in [0.25, 0.3) is 0 Å². The monoisotopic (exact) mass is 300 g/mol. The number of alkyl halides is 1. The van der Waals surface area contributed by atoms with Crippen LogP contribution in [0.5, 0.6) is 5.75 Å². The number of hydrogen-bond donors (Lipinski definition) is 0. The van der Waals surface area contributed by atoms with Crippen molar-refractivity contribution in [2.24, 2.45) is 5.92 Å². The summed E-state index contributed by atoms with van der Waals surface area (Å²) in [6.07, 6.45) is 2.14. The molecule has 0 N–H and O–H groups in total. The van der Waals surface area contributed by atoms with E-state index in [0.29, 0.717) is 17.7 Å². The third kappa shape index (κ3) is 3.41. The van der Waals surface area contributed by atoms with Gasteiger partial charge in [-0.3, -0.25) is 0 Å². The second-order valence-corrected chi connectivity index (χ2v) is 6.30. The van der Waals surface area contributed by atoms with Gasteiger partial charge in [0.05, 0.1) is 6.61 Å². The highest BCUT2D eigenvalue weighted by Crippen LogP contribution is 2.38. The number of aryl methyl sites for hydroxylation is 1. The average Bonchev–Trinajstić information content (AvgIpc) is 2.92. The Morgan fingerprint density at radius 3 is 2.67 bits per heavy atom. The molecular formula is C19H21ClO. The van der Waals surface area contributed by atoms with Gasteiger partial charge in [0.15, 0.2) is 0 Å². The molecular weight excluding hydrogens is 280 g/mol. The maximum atomic E-state index is 6.21. The maximum absolute atomic E-state index is 6.21. The van der Waals surface area contributed by atoms with Gasteiger partial charge in [-0.2, -0.15) is 0 Å². The van der Waals surface area contributed by atoms with Crippen molar-refractivity contribution in [2.75, 3.05) is 12.5 Å². The number of fused-ring (bicyclic) bond motifs is 1. The van der Waals surface area contributed by atoms with Crippen LogP contribution in [0, 0.1) is 12.8 Å². The van der Waals surface area contributed by atoms with Crippen LogP contribution in [0.25, 0.3) is 0 Å². The third-order valence-corrected chi connectivity index (χ3v) is 4.72. The second-order valence-electron chi connectivity index (χ2n) is 5.99. The SMILES string of the molecule is Cc1ccc(CC(CCl)CC2COc3ccccc32)cc1. The lowest BCUT2D eigenvalue weighted by Crippen LogP contribution is -2.13. The number of benzene rings is 2. The molecule has 0 saturated carbocycles. The average molecular weight is 301 g/mol. The molecule has 2 heteroatoms. The smallest absolute Gasteiger partial charge is 0.122 e. The summed E-state index contributed by atoms with van der Waals surface area (Å²) in [4.78, 5) is 0. The minimum absolute atomic E-state index is 0.482. The van der Waals surface area contributed by atoms with Gasteiger partial charge in [-0.1, -0.05) is 48.0 Å². The van der Waals surface area contributed by atoms with Crippen molar-refractivity contribution in [2.45, 2.75) is 25.7 Å². The molecule has 110 valence electrons. The Kier molecular flexibility index (Phi) is 4.50. The fraction of sp³-hybridized carbons (Fsp3) is 0.368. The topological polar surface area (TPSA) is 9.23 Å². The normalized spacial score (nSPS) is 18.1. The molecule has 0 bridgehead atoms. The predicted octanol–water partition coefficient (Wildman–Crippen LogP) is 4.96. The minimum atomic E-state index is 0.482. The molecule has 0 aliphatic carbocycles. The van der Waals surface area contributed by atoms with E-state index in [1.807, 2.05) is 6.07 Å². The summed E-state index contributed by atoms with van der Waals surface area (Å²) in [7, 11) is 0. The van der Waals surface area contributed by atoms with E-state index in [1.54, 1.807) is 0 Å². The Bertz CT molecular complexity index is 591. The molecule has 1 aliphatic rings. The van der Waals surface area contributed by atoms with Crippen LogP contribution in [0.4, 0.5) is 0 Å². The number of hydrogen-bond acceptors (Lipinski definition) is 1. The third-order valence-electron chi connectivity index (χ3n) is 4.28. The summed E-state index contributed by atoms with van der Waals surface area (Å²) in [5.41, 5.74) is 4.02. The number of rotatable bonds is 5. The zero-order valence-electron chi connectivity index (χ0n) is 12.4. The standard InChI is InChI=1S/C19H21ClO/c1-14-6-8-15(9-7-14)10-16(12-20)11-17-13-21-19-5-3-2-4-18(17)19/h2-9,16-17H,10-13H2,1H3. The molecule has 21 heavy (non-hydrogen) atoms. The molecule has 0 radical (unpaired) electrons. The van der Waals surface area contributed by atoms with Gasteiger partial charge in [0.2, 0.25) is 0 Å². The molecule has 2 unspecified atom stereocenters. The van der Waals surface area contributed by atoms with Crippen molar-refractivity contribution in [1.29, 1.82) is 0 Å². The first-order valence-electron chi connectivity index (χ1n) is 7.59. The van der Waals surface area contributed by atoms with Gasteiger partial charge in [-0.25, -0.2) is 0 Å². The molecule has 3 rings (SSSR count). The van der Waals surface area contributed by atoms with Crippen LogP contribution in [0.3, 0.4) is 0 Å². The van der Waals surface area contributed by atoms with Crippen LogP contribution in [0.2, 0.25) is 0 Å². The number of halogens is 1. The van der Waals surface area contributed by atoms with Crippen molar-refractivity contribution in [3.8, 4) is 5.75 Å². The van der Waals surface area contributed by atoms with Gasteiger partial charge in [0.1, 0.15) is 5.75 Å². The first kappa shape index (κ1) is 14.5. The lowest BCUT2D eigenvalue weighted by Gasteiger charge is -2.18. The molecule has 2 aromatic rings. The Balaban J connectivity index is 1.67. The molecule has 1 aliphatic heterocycles. The molecule has 0 amide bonds. The zero-order valence-corrected chi connectivity index (χ0v) is 13.1. The van der Waals surface area contributed by atoms with Gasteiger partial charge >= 0.3 is 0 Å². The van der Waals surface area contributed by atoms with E-state index >= 15 is 0 Å². The van der Waals surface area contributed by atoms with Crippen LogP contribution in [-0.2, 0) is 6.42 Å². The molecule has 0 saturated heterocycles. The molecule has 2 aromatic carbocycles. The summed E-state index contributed by atoms with van der Waals surface area (Å²) >= 11 is 6.21. The lowest BCUT2D eigenvalue weighted by molar-refractivity contribution is 0.310. The highest BCUT2D eigenvalue weighted by atomic mass is 35.5. The van der Waals surface area contributed by atoms with Gasteiger partial charge < -0.3 is 4.74 Å². The van der Waals surface area contributed by atoms with Crippen LogP contribution < -0.4 is 4.74 Å². The molecule has 0 spiro atoms. The van der Waals surface area contributed by atoms with E-state index in [9.17, 15) is 0 Å². The highest BCUT2D eigenvalue weighted by Gasteiger charge is 2.26. The van der Waals surface area contributed by atoms with Crippen LogP contribution in [-0.4, -0.2) is 12.5 Å². The van der Waals surface area contributed by atoms with Gasteiger partial charge in [0, 0.05) is 17.4 Å². The first-order chi connectivity index (χ1) is 10.3. The van der Waals surface area contributed by atoms with Gasteiger partial charge in [-0.15, -0.1) is 11.6 Å². The molecule has 1 heterocycles. The molecule has 0 aromatic heterocycles. The Morgan fingerprint density at radius 1 is 1.14 bits per heavy atom. The van der Waals surface area contributed by atoms with E-state index < -0.39 is 0 Å². The lowest BCUT2D eigenvalue weighted by atomic mass is 9.87. The Hall–Kier alpha value is -1.47. The second kappa shape index (κ2) is 6.53. The zero-order chi connectivity index (χ0) is 14.7. The van der Waals surface area contributed by atoms with Crippen molar-refractivity contribution < 1.29 is 4.74 Å². The quantitative estimate of drug-likeness (QED) is 0.709. The highest BCUT2D eigenvalue weighted by molar-refractivity contribution is 6.18. The number of para-hydroxylation sites is 1. The Morgan fingerprint density at radius 2 is 1.90 bits per heavy atom. The van der Waals surface area contributed by atoms with E-state index in [4.69, 9.17) is 16.3 Å². The largest absolute Gasteiger partial charge is 0.493 e. The minimum Gasteiger partial charge on any atom is -0.493 e. The van der Waals surface area contributed by atoms with Gasteiger partial charge in [-0.05, 0) is 37.3 Å². The Labute approximate surface area is 131 Å². The summed E-state index contributed by atoms with van der Waals surface area (Å²) in [5, 5.41) is 0. The van der Waals surface area contributed by atoms with E-state index in [-0.39, 0.29) is 0 Å². The summed E-state index contributed by atoms with van der Waals surface area (Å²) in [6, 6.07) is 17.2. The maximum Gasteiger partial charge on any atom is 0.122 e. The fourth-order valence-electron chi connectivity index (χ4n) is 3.09. The van der Waals surface area contributed by atoms with Crippen LogP contribution in [0.1, 0.15) is 29.0 Å². The van der Waals surface area contributed by atoms with E-state index in [2.05, 4.69) is 49.4 Å².